The molecule has 2 heterocycles. The molecule has 11 aromatic rings. The number of nitrogens with zero attached hydrogens (tertiary/aromatic N) is 2. The van der Waals surface area contributed by atoms with E-state index in [4.69, 9.17) is 4.98 Å². The number of fused-ring (bicyclic) bond motifs is 5. The van der Waals surface area contributed by atoms with E-state index >= 15 is 4.57 Å². The minimum Gasteiger partial charge on any atom is -0.308 e. The van der Waals surface area contributed by atoms with Crippen molar-refractivity contribution in [3.63, 3.8) is 0 Å². The van der Waals surface area contributed by atoms with Crippen LogP contribution in [0.4, 0.5) is 0 Å². The summed E-state index contributed by atoms with van der Waals surface area (Å²) in [5.41, 5.74) is 10.3. The van der Waals surface area contributed by atoms with Crippen LogP contribution in [0, 0.1) is 0 Å². The summed E-state index contributed by atoms with van der Waals surface area (Å²) in [7, 11) is -3.46. The van der Waals surface area contributed by atoms with Gasteiger partial charge in [-0.1, -0.05) is 182 Å². The van der Waals surface area contributed by atoms with Gasteiger partial charge in [0.2, 0.25) is 0 Å². The third kappa shape index (κ3) is 5.02. The fourth-order valence-corrected chi connectivity index (χ4v) is 12.8. The van der Waals surface area contributed by atoms with Crippen LogP contribution in [0.1, 0.15) is 0 Å². The molecule has 4 heteroatoms. The van der Waals surface area contributed by atoms with Gasteiger partial charge >= 0.3 is 0 Å². The van der Waals surface area contributed by atoms with E-state index in [1.807, 2.05) is 60.7 Å². The molecule has 0 saturated heterocycles. The van der Waals surface area contributed by atoms with E-state index in [1.165, 1.54) is 43.6 Å². The molecule has 0 bridgehead atoms. The molecule has 1 aliphatic heterocycles. The summed E-state index contributed by atoms with van der Waals surface area (Å²) in [5.74, 6) is 0.835. The highest BCUT2D eigenvalue weighted by Gasteiger charge is 2.42. The third-order valence-electron chi connectivity index (χ3n) is 12.2. The first-order valence-corrected chi connectivity index (χ1v) is 21.8. The molecule has 0 saturated carbocycles. The summed E-state index contributed by atoms with van der Waals surface area (Å²) in [6.45, 7) is 0. The van der Waals surface area contributed by atoms with Crippen molar-refractivity contribution in [3.8, 4) is 50.5 Å². The second-order valence-electron chi connectivity index (χ2n) is 15.4. The molecule has 10 aromatic carbocycles. The zero-order chi connectivity index (χ0) is 39.1. The molecule has 0 aliphatic carbocycles. The van der Waals surface area contributed by atoms with Crippen molar-refractivity contribution in [3.05, 3.63) is 212 Å². The van der Waals surface area contributed by atoms with Crippen LogP contribution < -0.4 is 15.9 Å². The molecule has 3 nitrogen and oxygen atoms in total. The lowest BCUT2D eigenvalue weighted by Crippen LogP contribution is -2.34. The lowest BCUT2D eigenvalue weighted by atomic mass is 9.84. The predicted octanol–water partition coefficient (Wildman–Crippen LogP) is 13.1. The van der Waals surface area contributed by atoms with Crippen molar-refractivity contribution in [1.29, 1.82) is 0 Å². The van der Waals surface area contributed by atoms with E-state index < -0.39 is 7.14 Å². The van der Waals surface area contributed by atoms with Gasteiger partial charge in [0.05, 0.1) is 22.0 Å². The van der Waals surface area contributed by atoms with Gasteiger partial charge in [-0.05, 0) is 96.0 Å². The fourth-order valence-electron chi connectivity index (χ4n) is 9.60. The maximum Gasteiger partial charge on any atom is 0.175 e. The summed E-state index contributed by atoms with van der Waals surface area (Å²) in [6, 6.07) is 74.7. The SMILES string of the molecule is O=P1(c2ccccc2)c2c(-c3ccc4c(-c5ccccc5)c5ccccc5c(-c5ccc6ccccc6c5)c4c3)cccc2-n2c(-c3ccccc3)nc3cccc1c32. The topological polar surface area (TPSA) is 34.9 Å². The molecule has 1 aromatic heterocycles. The highest BCUT2D eigenvalue weighted by atomic mass is 31.2. The Labute approximate surface area is 341 Å². The monoisotopic (exact) mass is 770 g/mol. The van der Waals surface area contributed by atoms with E-state index in [9.17, 15) is 0 Å². The van der Waals surface area contributed by atoms with Crippen molar-refractivity contribution in [1.82, 2.24) is 9.55 Å². The Morgan fingerprint density at radius 3 is 1.80 bits per heavy atom. The Morgan fingerprint density at radius 2 is 1.03 bits per heavy atom. The minimum atomic E-state index is -3.46. The molecule has 1 atom stereocenters. The normalized spacial score (nSPS) is 14.6. The Balaban J connectivity index is 1.21. The average molecular weight is 771 g/mol. The quantitative estimate of drug-likeness (QED) is 0.129. The summed E-state index contributed by atoms with van der Waals surface area (Å²) >= 11 is 0. The highest BCUT2D eigenvalue weighted by molar-refractivity contribution is 7.86. The van der Waals surface area contributed by atoms with Crippen LogP contribution in [-0.4, -0.2) is 9.55 Å². The number of benzene rings is 10. The summed E-state index contributed by atoms with van der Waals surface area (Å²) in [4.78, 5) is 5.23. The average Bonchev–Trinajstić information content (AvgIpc) is 3.71. The molecule has 0 N–H and O–H groups in total. The number of aromatic nitrogens is 2. The van der Waals surface area contributed by atoms with Gasteiger partial charge < -0.3 is 4.57 Å². The van der Waals surface area contributed by atoms with Gasteiger partial charge in [-0.25, -0.2) is 4.98 Å². The van der Waals surface area contributed by atoms with Gasteiger partial charge in [0.15, 0.2) is 7.14 Å². The molecule has 0 fully saturated rings. The van der Waals surface area contributed by atoms with Gasteiger partial charge in [0.25, 0.3) is 0 Å². The maximum absolute atomic E-state index is 16.7. The molecule has 1 aliphatic rings. The number of para-hydroxylation sites is 1. The predicted molar refractivity (Wildman–Crippen MR) is 248 cm³/mol. The van der Waals surface area contributed by atoms with Gasteiger partial charge in [0, 0.05) is 16.2 Å². The van der Waals surface area contributed by atoms with Crippen molar-refractivity contribution in [2.45, 2.75) is 0 Å². The molecular weight excluding hydrogens is 736 g/mol. The third-order valence-corrected chi connectivity index (χ3v) is 15.3. The largest absolute Gasteiger partial charge is 0.308 e. The Hall–Kier alpha value is -7.32. The van der Waals surface area contributed by atoms with Gasteiger partial charge in [-0.2, -0.15) is 0 Å². The Bertz CT molecular complexity index is 3520. The molecule has 0 spiro atoms. The number of rotatable bonds is 5. The summed E-state index contributed by atoms with van der Waals surface area (Å²) < 4.78 is 18.9. The highest BCUT2D eigenvalue weighted by Crippen LogP contribution is 2.53. The summed E-state index contributed by atoms with van der Waals surface area (Å²) in [5, 5.41) is 9.58. The standard InChI is InChI=1S/C55H35N2OP/c58-59(42-22-8-3-9-23-42)50-29-15-27-48-53(50)57(55(56-48)38-19-6-2-7-20-38)49-28-14-26-43(54(49)59)40-32-33-46-47(35-40)52(41-31-30-36-16-10-11-21-39(36)34-41)45-25-13-12-24-44(45)51(46)37-17-4-1-5-18-37/h1-35H. The van der Waals surface area contributed by atoms with Crippen LogP contribution >= 0.6 is 7.14 Å². The van der Waals surface area contributed by atoms with Gasteiger partial charge in [0.1, 0.15) is 5.82 Å². The van der Waals surface area contributed by atoms with Crippen LogP contribution in [-0.2, 0) is 4.57 Å². The van der Waals surface area contributed by atoms with Crippen molar-refractivity contribution in [2.75, 3.05) is 0 Å². The Kier molecular flexibility index (Phi) is 7.51. The molecular formula is C55H35N2OP. The van der Waals surface area contributed by atoms with Gasteiger partial charge in [-0.3, -0.25) is 4.57 Å². The second-order valence-corrected chi connectivity index (χ2v) is 18.0. The van der Waals surface area contributed by atoms with E-state index in [0.717, 1.165) is 66.1 Å². The molecule has 1 unspecified atom stereocenters. The van der Waals surface area contributed by atoms with Crippen LogP contribution in [0.25, 0.3) is 93.8 Å². The van der Waals surface area contributed by atoms with Crippen LogP contribution in [0.2, 0.25) is 0 Å². The van der Waals surface area contributed by atoms with Crippen molar-refractivity contribution < 1.29 is 4.57 Å². The van der Waals surface area contributed by atoms with E-state index in [1.54, 1.807) is 0 Å². The Morgan fingerprint density at radius 1 is 0.424 bits per heavy atom. The molecule has 0 radical (unpaired) electrons. The summed E-state index contributed by atoms with van der Waals surface area (Å²) in [6.07, 6.45) is 0. The lowest BCUT2D eigenvalue weighted by molar-refractivity contribution is 0.592. The van der Waals surface area contributed by atoms with Gasteiger partial charge in [-0.15, -0.1) is 0 Å². The maximum atomic E-state index is 16.7. The number of hydrogen-bond acceptors (Lipinski definition) is 2. The molecule has 276 valence electrons. The zero-order valence-electron chi connectivity index (χ0n) is 32.0. The van der Waals surface area contributed by atoms with E-state index in [0.29, 0.717) is 0 Å². The first kappa shape index (κ1) is 33.8. The minimum absolute atomic E-state index is 0.810. The smallest absolute Gasteiger partial charge is 0.175 e. The second kappa shape index (κ2) is 13.1. The van der Waals surface area contributed by atoms with Crippen LogP contribution in [0.15, 0.2) is 212 Å². The zero-order valence-corrected chi connectivity index (χ0v) is 32.9. The first-order valence-electron chi connectivity index (χ1n) is 20.1. The molecule has 12 rings (SSSR count). The fraction of sp³-hybridized carbons (Fsp3) is 0. The van der Waals surface area contributed by atoms with Crippen LogP contribution in [0.3, 0.4) is 0 Å². The van der Waals surface area contributed by atoms with E-state index in [-0.39, 0.29) is 0 Å². The number of imidazole rings is 1. The van der Waals surface area contributed by atoms with E-state index in [2.05, 4.69) is 156 Å². The van der Waals surface area contributed by atoms with Crippen molar-refractivity contribution >= 4 is 66.4 Å². The lowest BCUT2D eigenvalue weighted by Gasteiger charge is -2.31. The van der Waals surface area contributed by atoms with Crippen LogP contribution in [0.5, 0.6) is 0 Å². The van der Waals surface area contributed by atoms with Crippen molar-refractivity contribution in [2.24, 2.45) is 0 Å². The molecule has 0 amide bonds. The number of hydrogen-bond donors (Lipinski definition) is 0. The molecule has 59 heavy (non-hydrogen) atoms. The first-order chi connectivity index (χ1) is 29.2.